The van der Waals surface area contributed by atoms with Gasteiger partial charge in [0.1, 0.15) is 12.4 Å². The van der Waals surface area contributed by atoms with E-state index in [4.69, 9.17) is 21.1 Å². The second-order valence-electron chi connectivity index (χ2n) is 6.47. The number of hydrogen-bond acceptors (Lipinski definition) is 4. The van der Waals surface area contributed by atoms with E-state index >= 15 is 0 Å². The third-order valence-corrected chi connectivity index (χ3v) is 4.64. The van der Waals surface area contributed by atoms with Gasteiger partial charge in [-0.25, -0.2) is 4.79 Å². The molecule has 142 valence electrons. The van der Waals surface area contributed by atoms with Crippen molar-refractivity contribution in [3.05, 3.63) is 58.1 Å². The molecule has 1 heterocycles. The standard InChI is InChI=1S/C20H21ClN2O4/c1-12-7-14(9-16-11-27-20(25)22-16)18(26-2)10-17(12)23-19(24)8-13-3-5-15(21)6-4-13/h3-7,10,16H,8-9,11H2,1-2H3,(H,22,25)(H,23,24)/t16-/m0/s1. The fourth-order valence-electron chi connectivity index (χ4n) is 3.02. The Kier molecular flexibility index (Phi) is 5.86. The topological polar surface area (TPSA) is 76.7 Å². The third kappa shape index (κ3) is 4.92. The second-order valence-corrected chi connectivity index (χ2v) is 6.91. The second kappa shape index (κ2) is 8.31. The number of alkyl carbamates (subject to hydrolysis) is 1. The zero-order valence-electron chi connectivity index (χ0n) is 15.2. The van der Waals surface area contributed by atoms with Gasteiger partial charge in [0.2, 0.25) is 5.91 Å². The van der Waals surface area contributed by atoms with Gasteiger partial charge in [-0.3, -0.25) is 4.79 Å². The van der Waals surface area contributed by atoms with Crippen molar-refractivity contribution >= 4 is 29.3 Å². The lowest BCUT2D eigenvalue weighted by Crippen LogP contribution is -2.28. The summed E-state index contributed by atoms with van der Waals surface area (Å²) in [6.45, 7) is 2.26. The lowest BCUT2D eigenvalue weighted by molar-refractivity contribution is -0.115. The monoisotopic (exact) mass is 388 g/mol. The van der Waals surface area contributed by atoms with Crippen molar-refractivity contribution in [1.29, 1.82) is 0 Å². The average molecular weight is 389 g/mol. The summed E-state index contributed by atoms with van der Waals surface area (Å²) in [7, 11) is 1.58. The van der Waals surface area contributed by atoms with Gasteiger partial charge < -0.3 is 20.1 Å². The van der Waals surface area contributed by atoms with Gasteiger partial charge in [0.05, 0.1) is 19.6 Å². The van der Waals surface area contributed by atoms with E-state index in [1.54, 1.807) is 19.2 Å². The smallest absolute Gasteiger partial charge is 0.407 e. The molecule has 0 saturated carbocycles. The Balaban J connectivity index is 1.70. The molecule has 2 amide bonds. The number of carbonyl (C=O) groups excluding carboxylic acids is 2. The highest BCUT2D eigenvalue weighted by Crippen LogP contribution is 2.28. The summed E-state index contributed by atoms with van der Waals surface area (Å²) in [6.07, 6.45) is 0.447. The van der Waals surface area contributed by atoms with Gasteiger partial charge in [0.15, 0.2) is 0 Å². The molecule has 1 fully saturated rings. The molecular formula is C20H21ClN2O4. The third-order valence-electron chi connectivity index (χ3n) is 4.38. The molecule has 0 aromatic heterocycles. The molecule has 2 N–H and O–H groups in total. The highest BCUT2D eigenvalue weighted by atomic mass is 35.5. The van der Waals surface area contributed by atoms with E-state index in [1.165, 1.54) is 0 Å². The number of ether oxygens (including phenoxy) is 2. The fraction of sp³-hybridized carbons (Fsp3) is 0.300. The van der Waals surface area contributed by atoms with Crippen molar-refractivity contribution in [2.45, 2.75) is 25.8 Å². The van der Waals surface area contributed by atoms with Gasteiger partial charge in [-0.15, -0.1) is 0 Å². The van der Waals surface area contributed by atoms with Crippen molar-refractivity contribution in [2.24, 2.45) is 0 Å². The molecule has 0 bridgehead atoms. The van der Waals surface area contributed by atoms with Gasteiger partial charge in [-0.2, -0.15) is 0 Å². The molecule has 3 rings (SSSR count). The summed E-state index contributed by atoms with van der Waals surface area (Å²) in [4.78, 5) is 23.6. The first-order chi connectivity index (χ1) is 12.9. The molecule has 1 aliphatic heterocycles. The maximum absolute atomic E-state index is 12.4. The van der Waals surface area contributed by atoms with Crippen LogP contribution in [0.4, 0.5) is 10.5 Å². The summed E-state index contributed by atoms with van der Waals surface area (Å²) < 4.78 is 10.4. The van der Waals surface area contributed by atoms with Gasteiger partial charge >= 0.3 is 6.09 Å². The van der Waals surface area contributed by atoms with Crippen LogP contribution in [0.2, 0.25) is 5.02 Å². The molecule has 1 saturated heterocycles. The van der Waals surface area contributed by atoms with E-state index in [1.807, 2.05) is 31.2 Å². The van der Waals surface area contributed by atoms with Crippen LogP contribution in [0.25, 0.3) is 0 Å². The van der Waals surface area contributed by atoms with Crippen molar-refractivity contribution < 1.29 is 19.1 Å². The number of nitrogens with one attached hydrogen (secondary N) is 2. The van der Waals surface area contributed by atoms with Crippen LogP contribution in [0.3, 0.4) is 0 Å². The van der Waals surface area contributed by atoms with E-state index < -0.39 is 6.09 Å². The average Bonchev–Trinajstić information content (AvgIpc) is 3.04. The van der Waals surface area contributed by atoms with E-state index in [-0.39, 0.29) is 18.4 Å². The molecule has 2 aromatic rings. The predicted molar refractivity (Wildman–Crippen MR) is 103 cm³/mol. The minimum atomic E-state index is -0.401. The quantitative estimate of drug-likeness (QED) is 0.794. The maximum atomic E-state index is 12.4. The minimum Gasteiger partial charge on any atom is -0.496 e. The minimum absolute atomic E-state index is 0.0869. The van der Waals surface area contributed by atoms with Gasteiger partial charge in [0, 0.05) is 16.8 Å². The van der Waals surface area contributed by atoms with Crippen molar-refractivity contribution in [3.63, 3.8) is 0 Å². The zero-order chi connectivity index (χ0) is 19.4. The lowest BCUT2D eigenvalue weighted by atomic mass is 10.0. The molecule has 0 radical (unpaired) electrons. The number of anilines is 1. The number of hydrogen-bond donors (Lipinski definition) is 2. The Hall–Kier alpha value is -2.73. The number of amides is 2. The summed E-state index contributed by atoms with van der Waals surface area (Å²) in [5, 5.41) is 6.32. The molecular weight excluding hydrogens is 368 g/mol. The molecule has 2 aromatic carbocycles. The van der Waals surface area contributed by atoms with Crippen LogP contribution < -0.4 is 15.4 Å². The largest absolute Gasteiger partial charge is 0.496 e. The van der Waals surface area contributed by atoms with Crippen LogP contribution in [0.1, 0.15) is 16.7 Å². The van der Waals surface area contributed by atoms with Crippen LogP contribution in [0, 0.1) is 6.92 Å². The number of cyclic esters (lactones) is 1. The highest BCUT2D eigenvalue weighted by molar-refractivity contribution is 6.30. The number of aryl methyl sites for hydroxylation is 1. The number of halogens is 1. The summed E-state index contributed by atoms with van der Waals surface area (Å²) in [5.74, 6) is 0.537. The van der Waals surface area contributed by atoms with Crippen molar-refractivity contribution in [2.75, 3.05) is 19.0 Å². The Bertz CT molecular complexity index is 852. The zero-order valence-corrected chi connectivity index (χ0v) is 15.9. The number of methoxy groups -OCH3 is 1. The molecule has 1 atom stereocenters. The van der Waals surface area contributed by atoms with Crippen LogP contribution >= 0.6 is 11.6 Å². The first kappa shape index (κ1) is 19.0. The Morgan fingerprint density at radius 3 is 2.70 bits per heavy atom. The van der Waals surface area contributed by atoms with Gasteiger partial charge in [0.25, 0.3) is 0 Å². The Morgan fingerprint density at radius 1 is 1.33 bits per heavy atom. The van der Waals surface area contributed by atoms with E-state index in [0.717, 1.165) is 16.7 Å². The van der Waals surface area contributed by atoms with Crippen molar-refractivity contribution in [1.82, 2.24) is 5.32 Å². The predicted octanol–water partition coefficient (Wildman–Crippen LogP) is 3.49. The molecule has 6 nitrogen and oxygen atoms in total. The van der Waals surface area contributed by atoms with Gasteiger partial charge in [-0.1, -0.05) is 29.8 Å². The van der Waals surface area contributed by atoms with Crippen molar-refractivity contribution in [3.8, 4) is 5.75 Å². The first-order valence-corrected chi connectivity index (χ1v) is 8.97. The maximum Gasteiger partial charge on any atom is 0.407 e. The summed E-state index contributed by atoms with van der Waals surface area (Å²) in [5.41, 5.74) is 3.44. The Labute approximate surface area is 162 Å². The van der Waals surface area contributed by atoms with Gasteiger partial charge in [-0.05, 0) is 42.2 Å². The van der Waals surface area contributed by atoms with E-state index in [9.17, 15) is 9.59 Å². The van der Waals surface area contributed by atoms with Crippen LogP contribution in [0.15, 0.2) is 36.4 Å². The normalized spacial score (nSPS) is 15.8. The Morgan fingerprint density at radius 2 is 2.07 bits per heavy atom. The highest BCUT2D eigenvalue weighted by Gasteiger charge is 2.24. The molecule has 27 heavy (non-hydrogen) atoms. The molecule has 0 spiro atoms. The van der Waals surface area contributed by atoms with E-state index in [2.05, 4.69) is 10.6 Å². The number of carbonyl (C=O) groups is 2. The SMILES string of the molecule is COc1cc(NC(=O)Cc2ccc(Cl)cc2)c(C)cc1C[C@H]1COC(=O)N1. The lowest BCUT2D eigenvalue weighted by Gasteiger charge is -2.16. The number of benzene rings is 2. The van der Waals surface area contributed by atoms with Crippen LogP contribution in [0.5, 0.6) is 5.75 Å². The van der Waals surface area contributed by atoms with Crippen LogP contribution in [-0.4, -0.2) is 31.8 Å². The first-order valence-electron chi connectivity index (χ1n) is 8.59. The summed E-state index contributed by atoms with van der Waals surface area (Å²) >= 11 is 5.87. The summed E-state index contributed by atoms with van der Waals surface area (Å²) in [6, 6.07) is 10.9. The fourth-order valence-corrected chi connectivity index (χ4v) is 3.14. The van der Waals surface area contributed by atoms with E-state index in [0.29, 0.717) is 29.5 Å². The van der Waals surface area contributed by atoms with Crippen LogP contribution in [-0.2, 0) is 22.4 Å². The molecule has 0 unspecified atom stereocenters. The molecule has 0 aliphatic carbocycles. The molecule has 1 aliphatic rings. The molecule has 7 heteroatoms. The number of rotatable bonds is 6.